The molecule has 0 aliphatic carbocycles. The molecule has 0 atom stereocenters. The summed E-state index contributed by atoms with van der Waals surface area (Å²) >= 11 is 0. The zero-order valence-electron chi connectivity index (χ0n) is 12.2. The van der Waals surface area contributed by atoms with Gasteiger partial charge in [0.15, 0.2) is 11.5 Å². The highest BCUT2D eigenvalue weighted by Crippen LogP contribution is 2.31. The summed E-state index contributed by atoms with van der Waals surface area (Å²) in [5.41, 5.74) is 0.296. The second-order valence-corrected chi connectivity index (χ2v) is 6.04. The fraction of sp³-hybridized carbons (Fsp3) is 0.200. The average Bonchev–Trinajstić information content (AvgIpc) is 2.48. The number of ether oxygens (including phenoxy) is 2. The molecule has 0 unspecified atom stereocenters. The first-order chi connectivity index (χ1) is 10.5. The highest BCUT2D eigenvalue weighted by Gasteiger charge is 2.16. The number of benzene rings is 2. The third-order valence-corrected chi connectivity index (χ3v) is 4.20. The van der Waals surface area contributed by atoms with Crippen molar-refractivity contribution in [3.05, 3.63) is 48.3 Å². The second kappa shape index (κ2) is 6.65. The van der Waals surface area contributed by atoms with Gasteiger partial charge in [-0.3, -0.25) is 4.72 Å². The minimum absolute atomic E-state index is 0.152. The molecule has 118 valence electrons. The molecule has 0 fully saturated rings. The molecule has 1 N–H and O–H groups in total. The quantitative estimate of drug-likeness (QED) is 0.886. The van der Waals surface area contributed by atoms with Crippen molar-refractivity contribution < 1.29 is 22.3 Å². The van der Waals surface area contributed by atoms with Gasteiger partial charge in [-0.2, -0.15) is 0 Å². The van der Waals surface area contributed by atoms with Crippen molar-refractivity contribution >= 4 is 15.7 Å². The highest BCUT2D eigenvalue weighted by atomic mass is 32.2. The first-order valence-corrected chi connectivity index (χ1v) is 8.04. The van der Waals surface area contributed by atoms with E-state index in [1.807, 2.05) is 6.92 Å². The Morgan fingerprint density at radius 3 is 2.55 bits per heavy atom. The number of halogens is 1. The Kier molecular flexibility index (Phi) is 4.87. The fourth-order valence-corrected chi connectivity index (χ4v) is 2.93. The maximum absolute atomic E-state index is 13.2. The summed E-state index contributed by atoms with van der Waals surface area (Å²) < 4.78 is 50.5. The topological polar surface area (TPSA) is 64.6 Å². The highest BCUT2D eigenvalue weighted by molar-refractivity contribution is 7.92. The Morgan fingerprint density at radius 2 is 1.91 bits per heavy atom. The third-order valence-electron chi connectivity index (χ3n) is 2.82. The van der Waals surface area contributed by atoms with Gasteiger partial charge in [0.2, 0.25) is 0 Å². The molecule has 0 heterocycles. The van der Waals surface area contributed by atoms with Gasteiger partial charge in [0, 0.05) is 6.07 Å². The summed E-state index contributed by atoms with van der Waals surface area (Å²) in [6.45, 7) is 2.30. The normalized spacial score (nSPS) is 11.0. The van der Waals surface area contributed by atoms with Crippen LogP contribution in [-0.4, -0.2) is 22.1 Å². The van der Waals surface area contributed by atoms with E-state index in [2.05, 4.69) is 4.72 Å². The SMILES string of the molecule is CCOc1ccc(NS(=O)(=O)c2cccc(F)c2)cc1OC. The fourth-order valence-electron chi connectivity index (χ4n) is 1.85. The van der Waals surface area contributed by atoms with E-state index in [4.69, 9.17) is 9.47 Å². The number of hydrogen-bond acceptors (Lipinski definition) is 4. The molecule has 0 saturated carbocycles. The summed E-state index contributed by atoms with van der Waals surface area (Å²) in [6.07, 6.45) is 0. The summed E-state index contributed by atoms with van der Waals surface area (Å²) in [5, 5.41) is 0. The maximum atomic E-state index is 13.2. The predicted octanol–water partition coefficient (Wildman–Crippen LogP) is 3.03. The van der Waals surface area contributed by atoms with Crippen molar-refractivity contribution in [3.8, 4) is 11.5 Å². The molecule has 0 aromatic heterocycles. The van der Waals surface area contributed by atoms with E-state index in [9.17, 15) is 12.8 Å². The number of hydrogen-bond donors (Lipinski definition) is 1. The summed E-state index contributed by atoms with van der Waals surface area (Å²) in [5.74, 6) is 0.298. The van der Waals surface area contributed by atoms with Crippen molar-refractivity contribution in [3.63, 3.8) is 0 Å². The first kappa shape index (κ1) is 16.1. The van der Waals surface area contributed by atoms with E-state index < -0.39 is 15.8 Å². The molecule has 2 aromatic rings. The maximum Gasteiger partial charge on any atom is 0.261 e. The van der Waals surface area contributed by atoms with Crippen LogP contribution >= 0.6 is 0 Å². The van der Waals surface area contributed by atoms with Crippen LogP contribution in [0.25, 0.3) is 0 Å². The lowest BCUT2D eigenvalue weighted by Gasteiger charge is -2.12. The zero-order valence-corrected chi connectivity index (χ0v) is 13.0. The Labute approximate surface area is 128 Å². The number of nitrogens with one attached hydrogen (secondary N) is 1. The van der Waals surface area contributed by atoms with E-state index in [-0.39, 0.29) is 4.90 Å². The Balaban J connectivity index is 2.30. The summed E-state index contributed by atoms with van der Waals surface area (Å²) in [7, 11) is -2.41. The summed E-state index contributed by atoms with van der Waals surface area (Å²) in [4.78, 5) is -0.152. The van der Waals surface area contributed by atoms with Crippen molar-refractivity contribution in [2.75, 3.05) is 18.4 Å². The van der Waals surface area contributed by atoms with Gasteiger partial charge >= 0.3 is 0 Å². The van der Waals surface area contributed by atoms with Crippen molar-refractivity contribution in [2.45, 2.75) is 11.8 Å². The van der Waals surface area contributed by atoms with Crippen LogP contribution in [0.5, 0.6) is 11.5 Å². The molecule has 0 bridgehead atoms. The van der Waals surface area contributed by atoms with Crippen LogP contribution in [-0.2, 0) is 10.0 Å². The van der Waals surface area contributed by atoms with Crippen LogP contribution in [0.2, 0.25) is 0 Å². The van der Waals surface area contributed by atoms with Gasteiger partial charge in [-0.15, -0.1) is 0 Å². The van der Waals surface area contributed by atoms with E-state index in [0.29, 0.717) is 23.8 Å². The van der Waals surface area contributed by atoms with Crippen molar-refractivity contribution in [1.29, 1.82) is 0 Å². The molecule has 0 radical (unpaired) electrons. The minimum atomic E-state index is -3.87. The number of rotatable bonds is 6. The molecular weight excluding hydrogens is 309 g/mol. The molecule has 0 amide bonds. The van der Waals surface area contributed by atoms with E-state index in [0.717, 1.165) is 6.07 Å². The average molecular weight is 325 g/mol. The molecule has 0 saturated heterocycles. The Hall–Kier alpha value is -2.28. The zero-order chi connectivity index (χ0) is 16.2. The molecule has 7 heteroatoms. The predicted molar refractivity (Wildman–Crippen MR) is 81.4 cm³/mol. The van der Waals surface area contributed by atoms with E-state index >= 15 is 0 Å². The van der Waals surface area contributed by atoms with E-state index in [1.54, 1.807) is 12.1 Å². The smallest absolute Gasteiger partial charge is 0.261 e. The third kappa shape index (κ3) is 3.67. The van der Waals surface area contributed by atoms with Gasteiger partial charge in [0.1, 0.15) is 5.82 Å². The molecule has 22 heavy (non-hydrogen) atoms. The van der Waals surface area contributed by atoms with Gasteiger partial charge < -0.3 is 9.47 Å². The van der Waals surface area contributed by atoms with Gasteiger partial charge in [-0.1, -0.05) is 6.07 Å². The monoisotopic (exact) mass is 325 g/mol. The van der Waals surface area contributed by atoms with E-state index in [1.165, 1.54) is 31.4 Å². The molecular formula is C15H16FNO4S. The van der Waals surface area contributed by atoms with Gasteiger partial charge in [-0.05, 0) is 37.3 Å². The lowest BCUT2D eigenvalue weighted by molar-refractivity contribution is 0.311. The van der Waals surface area contributed by atoms with Gasteiger partial charge in [0.25, 0.3) is 10.0 Å². The Morgan fingerprint density at radius 1 is 1.14 bits per heavy atom. The Bertz CT molecular complexity index is 762. The van der Waals surface area contributed by atoms with Crippen molar-refractivity contribution in [1.82, 2.24) is 0 Å². The largest absolute Gasteiger partial charge is 0.493 e. The number of anilines is 1. The summed E-state index contributed by atoms with van der Waals surface area (Å²) in [6, 6.07) is 9.44. The van der Waals surface area contributed by atoms with Crippen LogP contribution in [0, 0.1) is 5.82 Å². The molecule has 2 aromatic carbocycles. The van der Waals surface area contributed by atoms with Crippen LogP contribution < -0.4 is 14.2 Å². The van der Waals surface area contributed by atoms with Gasteiger partial charge in [-0.25, -0.2) is 12.8 Å². The van der Waals surface area contributed by atoms with Crippen LogP contribution in [0.3, 0.4) is 0 Å². The van der Waals surface area contributed by atoms with Crippen LogP contribution in [0.1, 0.15) is 6.92 Å². The van der Waals surface area contributed by atoms with Crippen molar-refractivity contribution in [2.24, 2.45) is 0 Å². The number of sulfonamides is 1. The molecule has 0 aliphatic heterocycles. The standard InChI is InChI=1S/C15H16FNO4S/c1-3-21-14-8-7-12(10-15(14)20-2)17-22(18,19)13-6-4-5-11(16)9-13/h4-10,17H,3H2,1-2H3. The lowest BCUT2D eigenvalue weighted by atomic mass is 10.3. The molecule has 5 nitrogen and oxygen atoms in total. The number of methoxy groups -OCH3 is 1. The lowest BCUT2D eigenvalue weighted by Crippen LogP contribution is -2.13. The second-order valence-electron chi connectivity index (χ2n) is 4.36. The molecule has 2 rings (SSSR count). The van der Waals surface area contributed by atoms with Gasteiger partial charge in [0.05, 0.1) is 24.3 Å². The van der Waals surface area contributed by atoms with Crippen LogP contribution in [0.15, 0.2) is 47.4 Å². The van der Waals surface area contributed by atoms with Crippen LogP contribution in [0.4, 0.5) is 10.1 Å². The minimum Gasteiger partial charge on any atom is -0.493 e. The molecule has 0 spiro atoms. The molecule has 0 aliphatic rings. The first-order valence-electron chi connectivity index (χ1n) is 6.55.